The molecule has 3 aromatic rings. The summed E-state index contributed by atoms with van der Waals surface area (Å²) in [6, 6.07) is 21.1. The average molecular weight is 447 g/mol. The number of urea groups is 1. The quantitative estimate of drug-likeness (QED) is 0.576. The van der Waals surface area contributed by atoms with Gasteiger partial charge in [-0.1, -0.05) is 49.4 Å². The Kier molecular flexibility index (Phi) is 7.07. The molecular formula is C25H26N4O2S. The Bertz CT molecular complexity index is 1070. The lowest BCUT2D eigenvalue weighted by molar-refractivity contribution is -0.120. The lowest BCUT2D eigenvalue weighted by Gasteiger charge is -2.28. The van der Waals surface area contributed by atoms with Gasteiger partial charge >= 0.3 is 6.03 Å². The molecule has 164 valence electrons. The molecule has 0 fully saturated rings. The Balaban J connectivity index is 1.29. The van der Waals surface area contributed by atoms with Crippen LogP contribution in [0, 0.1) is 0 Å². The molecule has 0 saturated carbocycles. The molecule has 1 aliphatic rings. The lowest BCUT2D eigenvalue weighted by Crippen LogP contribution is -2.38. The molecule has 2 N–H and O–H groups in total. The number of rotatable bonds is 6. The summed E-state index contributed by atoms with van der Waals surface area (Å²) in [4.78, 5) is 31.2. The number of nitrogens with zero attached hydrogens (tertiary/aromatic N) is 2. The predicted octanol–water partition coefficient (Wildman–Crippen LogP) is 4.69. The number of aromatic nitrogens is 1. The summed E-state index contributed by atoms with van der Waals surface area (Å²) in [5.41, 5.74) is 3.63. The van der Waals surface area contributed by atoms with Crippen LogP contribution in [-0.4, -0.2) is 35.8 Å². The van der Waals surface area contributed by atoms with Gasteiger partial charge < -0.3 is 10.6 Å². The lowest BCUT2D eigenvalue weighted by atomic mass is 10.0. The Hall–Kier alpha value is -3.32. The van der Waals surface area contributed by atoms with E-state index in [-0.39, 0.29) is 17.9 Å². The molecular weight excluding hydrogens is 420 g/mol. The van der Waals surface area contributed by atoms with E-state index < -0.39 is 0 Å². The first kappa shape index (κ1) is 21.9. The van der Waals surface area contributed by atoms with E-state index in [2.05, 4.69) is 34.7 Å². The highest BCUT2D eigenvalue weighted by molar-refractivity contribution is 7.99. The van der Waals surface area contributed by atoms with Gasteiger partial charge in [0.15, 0.2) is 0 Å². The number of hydrogen-bond acceptors (Lipinski definition) is 4. The molecule has 4 rings (SSSR count). The van der Waals surface area contributed by atoms with Crippen LogP contribution in [0.1, 0.15) is 24.0 Å². The number of carbonyl (C=O) groups excluding carboxylic acids is 2. The van der Waals surface area contributed by atoms with Gasteiger partial charge in [-0.25, -0.2) is 9.78 Å². The number of nitrogens with one attached hydrogen (secondary N) is 2. The van der Waals surface area contributed by atoms with Gasteiger partial charge in [0.1, 0.15) is 5.03 Å². The van der Waals surface area contributed by atoms with Gasteiger partial charge in [-0.2, -0.15) is 0 Å². The second-order valence-electron chi connectivity index (χ2n) is 7.75. The second-order valence-corrected chi connectivity index (χ2v) is 8.83. The van der Waals surface area contributed by atoms with Gasteiger partial charge in [-0.15, -0.1) is 11.8 Å². The van der Waals surface area contributed by atoms with Crippen molar-refractivity contribution >= 4 is 35.1 Å². The SMILES string of the molecule is C[C@@H](CNC(=O)Cc1ccc(NC(=O)N2CCSc3ncccc32)cc1)c1ccccc1. The number of pyridine rings is 1. The molecule has 0 radical (unpaired) electrons. The summed E-state index contributed by atoms with van der Waals surface area (Å²) >= 11 is 1.66. The fourth-order valence-corrected chi connectivity index (χ4v) is 4.50. The minimum atomic E-state index is -0.181. The van der Waals surface area contributed by atoms with Crippen molar-refractivity contribution in [2.75, 3.05) is 29.1 Å². The van der Waals surface area contributed by atoms with Crippen molar-refractivity contribution in [3.05, 3.63) is 84.1 Å². The monoisotopic (exact) mass is 446 g/mol. The number of carbonyl (C=O) groups is 2. The summed E-state index contributed by atoms with van der Waals surface area (Å²) in [6.45, 7) is 3.33. The van der Waals surface area contributed by atoms with Gasteiger partial charge in [0.05, 0.1) is 12.1 Å². The first-order valence-corrected chi connectivity index (χ1v) is 11.7. The molecule has 7 heteroatoms. The molecule has 2 aromatic carbocycles. The zero-order chi connectivity index (χ0) is 22.3. The fraction of sp³-hybridized carbons (Fsp3) is 0.240. The largest absolute Gasteiger partial charge is 0.355 e. The van der Waals surface area contributed by atoms with Crippen LogP contribution in [0.25, 0.3) is 0 Å². The number of hydrogen-bond donors (Lipinski definition) is 2. The van der Waals surface area contributed by atoms with Crippen LogP contribution < -0.4 is 15.5 Å². The van der Waals surface area contributed by atoms with E-state index in [1.54, 1.807) is 22.9 Å². The summed E-state index contributed by atoms with van der Waals surface area (Å²) in [6.07, 6.45) is 2.04. The standard InChI is InChI=1S/C25H26N4O2S/c1-18(20-6-3-2-4-7-20)17-27-23(30)16-19-9-11-21(12-10-19)28-25(31)29-14-15-32-24-22(29)8-5-13-26-24/h2-13,18H,14-17H2,1H3,(H,27,30)(H,28,31)/t18-/m0/s1. The maximum atomic E-state index is 12.8. The Labute approximate surface area is 192 Å². The van der Waals surface area contributed by atoms with Gasteiger partial charge in [-0.3, -0.25) is 9.69 Å². The normalized spacial score (nSPS) is 13.7. The molecule has 0 bridgehead atoms. The smallest absolute Gasteiger partial charge is 0.326 e. The second kappa shape index (κ2) is 10.3. The maximum absolute atomic E-state index is 12.8. The van der Waals surface area contributed by atoms with Crippen molar-refractivity contribution in [3.63, 3.8) is 0 Å². The molecule has 0 unspecified atom stereocenters. The number of anilines is 2. The molecule has 0 aliphatic carbocycles. The van der Waals surface area contributed by atoms with Crippen LogP contribution in [0.15, 0.2) is 78.0 Å². The third-order valence-electron chi connectivity index (χ3n) is 5.38. The van der Waals surface area contributed by atoms with Crippen molar-refractivity contribution in [1.82, 2.24) is 10.3 Å². The fourth-order valence-electron chi connectivity index (χ4n) is 3.58. The van der Waals surface area contributed by atoms with Crippen LogP contribution >= 0.6 is 11.8 Å². The van der Waals surface area contributed by atoms with Crippen molar-refractivity contribution in [2.24, 2.45) is 0 Å². The van der Waals surface area contributed by atoms with Crippen LogP contribution in [-0.2, 0) is 11.2 Å². The first-order chi connectivity index (χ1) is 15.6. The number of amides is 3. The number of fused-ring (bicyclic) bond motifs is 1. The van der Waals surface area contributed by atoms with E-state index in [1.165, 1.54) is 5.56 Å². The van der Waals surface area contributed by atoms with Crippen molar-refractivity contribution in [1.29, 1.82) is 0 Å². The van der Waals surface area contributed by atoms with Crippen molar-refractivity contribution in [2.45, 2.75) is 24.3 Å². The molecule has 1 atom stereocenters. The molecule has 1 aliphatic heterocycles. The van der Waals surface area contributed by atoms with Crippen LogP contribution in [0.4, 0.5) is 16.2 Å². The summed E-state index contributed by atoms with van der Waals surface area (Å²) in [5.74, 6) is 1.06. The van der Waals surface area contributed by atoms with Crippen LogP contribution in [0.2, 0.25) is 0 Å². The highest BCUT2D eigenvalue weighted by Crippen LogP contribution is 2.32. The Morgan fingerprint density at radius 3 is 2.62 bits per heavy atom. The molecule has 32 heavy (non-hydrogen) atoms. The summed E-state index contributed by atoms with van der Waals surface area (Å²) in [5, 5.41) is 6.82. The average Bonchev–Trinajstić information content (AvgIpc) is 2.84. The molecule has 2 heterocycles. The molecule has 1 aromatic heterocycles. The van der Waals surface area contributed by atoms with Crippen LogP contribution in [0.5, 0.6) is 0 Å². The maximum Gasteiger partial charge on any atom is 0.326 e. The highest BCUT2D eigenvalue weighted by Gasteiger charge is 2.23. The van der Waals surface area contributed by atoms with Crippen molar-refractivity contribution < 1.29 is 9.59 Å². The van der Waals surface area contributed by atoms with E-state index in [9.17, 15) is 9.59 Å². The number of thioether (sulfide) groups is 1. The Morgan fingerprint density at radius 2 is 1.84 bits per heavy atom. The van der Waals surface area contributed by atoms with Gasteiger partial charge in [0.2, 0.25) is 5.91 Å². The van der Waals surface area contributed by atoms with Gasteiger partial charge in [0.25, 0.3) is 0 Å². The van der Waals surface area contributed by atoms with E-state index in [0.29, 0.717) is 25.2 Å². The third-order valence-corrected chi connectivity index (χ3v) is 6.36. The summed E-state index contributed by atoms with van der Waals surface area (Å²) < 4.78 is 0. The zero-order valence-electron chi connectivity index (χ0n) is 18.0. The molecule has 0 spiro atoms. The number of benzene rings is 2. The van der Waals surface area contributed by atoms with Crippen LogP contribution in [0.3, 0.4) is 0 Å². The zero-order valence-corrected chi connectivity index (χ0v) is 18.8. The minimum absolute atomic E-state index is 0.0144. The predicted molar refractivity (Wildman–Crippen MR) is 129 cm³/mol. The van der Waals surface area contributed by atoms with E-state index >= 15 is 0 Å². The highest BCUT2D eigenvalue weighted by atomic mass is 32.2. The van der Waals surface area contributed by atoms with E-state index in [1.807, 2.05) is 54.6 Å². The minimum Gasteiger partial charge on any atom is -0.355 e. The van der Waals surface area contributed by atoms with Gasteiger partial charge in [-0.05, 0) is 41.3 Å². The Morgan fingerprint density at radius 1 is 1.06 bits per heavy atom. The van der Waals surface area contributed by atoms with E-state index in [4.69, 9.17) is 0 Å². The van der Waals surface area contributed by atoms with Gasteiger partial charge in [0, 0.05) is 30.7 Å². The van der Waals surface area contributed by atoms with E-state index in [0.717, 1.165) is 22.0 Å². The molecule has 6 nitrogen and oxygen atoms in total. The molecule has 0 saturated heterocycles. The summed E-state index contributed by atoms with van der Waals surface area (Å²) in [7, 11) is 0. The molecule has 3 amide bonds. The third kappa shape index (κ3) is 5.48. The topological polar surface area (TPSA) is 74.3 Å². The first-order valence-electron chi connectivity index (χ1n) is 10.7. The van der Waals surface area contributed by atoms with Crippen molar-refractivity contribution in [3.8, 4) is 0 Å².